The molecule has 1 N–H and O–H groups in total. The topological polar surface area (TPSA) is 35.8 Å². The van der Waals surface area contributed by atoms with Crippen LogP contribution in [0.15, 0.2) is 24.3 Å². The molecule has 1 atom stereocenters. The zero-order valence-corrected chi connectivity index (χ0v) is 9.46. The van der Waals surface area contributed by atoms with Crippen LogP contribution in [0.25, 0.3) is 0 Å². The molecule has 0 spiro atoms. The van der Waals surface area contributed by atoms with Gasteiger partial charge in [0.2, 0.25) is 0 Å². The highest BCUT2D eigenvalue weighted by Gasteiger charge is 1.99. The van der Waals surface area contributed by atoms with Crippen molar-refractivity contribution in [2.75, 3.05) is 13.1 Å². The summed E-state index contributed by atoms with van der Waals surface area (Å²) in [7, 11) is 0. The number of aryl methyl sites for hydroxylation is 1. The van der Waals surface area contributed by atoms with Crippen molar-refractivity contribution in [1.29, 1.82) is 5.26 Å². The molecule has 1 aromatic rings. The van der Waals surface area contributed by atoms with Gasteiger partial charge in [0.25, 0.3) is 0 Å². The number of hydrogen-bond donors (Lipinski definition) is 1. The molecule has 1 rings (SSSR count). The van der Waals surface area contributed by atoms with Crippen LogP contribution in [0.3, 0.4) is 0 Å². The van der Waals surface area contributed by atoms with Gasteiger partial charge in [-0.1, -0.05) is 24.3 Å². The Bertz CT molecular complexity index is 339. The van der Waals surface area contributed by atoms with Gasteiger partial charge in [-0.3, -0.25) is 0 Å². The summed E-state index contributed by atoms with van der Waals surface area (Å²) in [6.45, 7) is 5.78. The lowest BCUT2D eigenvalue weighted by Crippen LogP contribution is -2.22. The van der Waals surface area contributed by atoms with E-state index in [1.165, 1.54) is 11.1 Å². The molecule has 0 fully saturated rings. The van der Waals surface area contributed by atoms with Crippen molar-refractivity contribution in [3.63, 3.8) is 0 Å². The fourth-order valence-electron chi connectivity index (χ4n) is 1.48. The summed E-state index contributed by atoms with van der Waals surface area (Å²) in [4.78, 5) is 0. The van der Waals surface area contributed by atoms with Crippen LogP contribution in [0.5, 0.6) is 0 Å². The second-order valence-electron chi connectivity index (χ2n) is 3.91. The average molecular weight is 202 g/mol. The lowest BCUT2D eigenvalue weighted by atomic mass is 10.1. The van der Waals surface area contributed by atoms with Crippen molar-refractivity contribution in [2.45, 2.75) is 20.3 Å². The van der Waals surface area contributed by atoms with E-state index in [1.54, 1.807) is 0 Å². The Labute approximate surface area is 91.9 Å². The van der Waals surface area contributed by atoms with E-state index < -0.39 is 0 Å². The molecule has 0 radical (unpaired) electrons. The van der Waals surface area contributed by atoms with E-state index in [2.05, 4.69) is 42.6 Å². The van der Waals surface area contributed by atoms with E-state index in [-0.39, 0.29) is 5.92 Å². The first-order valence-corrected chi connectivity index (χ1v) is 5.39. The van der Waals surface area contributed by atoms with Gasteiger partial charge in [0.15, 0.2) is 0 Å². The number of nitrogens with zero attached hydrogens (tertiary/aromatic N) is 1. The first-order valence-electron chi connectivity index (χ1n) is 5.39. The Hall–Kier alpha value is -1.33. The molecule has 2 nitrogen and oxygen atoms in total. The smallest absolute Gasteiger partial charge is 0.0666 e. The van der Waals surface area contributed by atoms with Gasteiger partial charge >= 0.3 is 0 Å². The van der Waals surface area contributed by atoms with Gasteiger partial charge in [-0.15, -0.1) is 0 Å². The van der Waals surface area contributed by atoms with Crippen LogP contribution in [0.2, 0.25) is 0 Å². The number of benzene rings is 1. The standard InChI is InChI=1S/C13H18N2/c1-11(9-14)10-15-8-7-13-6-4-3-5-12(13)2/h3-6,11,15H,7-8,10H2,1-2H3. The fourth-order valence-corrected chi connectivity index (χ4v) is 1.48. The third-order valence-electron chi connectivity index (χ3n) is 2.50. The second-order valence-corrected chi connectivity index (χ2v) is 3.91. The fraction of sp³-hybridized carbons (Fsp3) is 0.462. The predicted octanol–water partition coefficient (Wildman–Crippen LogP) is 2.29. The summed E-state index contributed by atoms with van der Waals surface area (Å²) in [6.07, 6.45) is 1.03. The van der Waals surface area contributed by atoms with E-state index in [0.717, 1.165) is 19.5 Å². The minimum atomic E-state index is 0.0990. The van der Waals surface area contributed by atoms with Crippen LogP contribution in [0.4, 0.5) is 0 Å². The summed E-state index contributed by atoms with van der Waals surface area (Å²) >= 11 is 0. The van der Waals surface area contributed by atoms with Gasteiger partial charge in [0.05, 0.1) is 12.0 Å². The zero-order valence-electron chi connectivity index (χ0n) is 9.46. The third kappa shape index (κ3) is 4.14. The van der Waals surface area contributed by atoms with E-state index in [4.69, 9.17) is 5.26 Å². The molecule has 1 aromatic carbocycles. The van der Waals surface area contributed by atoms with Gasteiger partial charge in [-0.2, -0.15) is 5.26 Å². The molecular formula is C13H18N2. The Morgan fingerprint density at radius 1 is 1.40 bits per heavy atom. The average Bonchev–Trinajstić information content (AvgIpc) is 2.26. The summed E-state index contributed by atoms with van der Waals surface area (Å²) in [5.74, 6) is 0.0990. The number of hydrogen-bond acceptors (Lipinski definition) is 2. The van der Waals surface area contributed by atoms with E-state index >= 15 is 0 Å². The third-order valence-corrected chi connectivity index (χ3v) is 2.50. The number of rotatable bonds is 5. The highest BCUT2D eigenvalue weighted by atomic mass is 14.8. The summed E-state index contributed by atoms with van der Waals surface area (Å²) in [5, 5.41) is 11.9. The predicted molar refractivity (Wildman–Crippen MR) is 62.5 cm³/mol. The van der Waals surface area contributed by atoms with Crippen molar-refractivity contribution in [3.05, 3.63) is 35.4 Å². The SMILES string of the molecule is Cc1ccccc1CCNCC(C)C#N. The van der Waals surface area contributed by atoms with Gasteiger partial charge in [0.1, 0.15) is 0 Å². The van der Waals surface area contributed by atoms with Crippen LogP contribution in [-0.4, -0.2) is 13.1 Å². The highest BCUT2D eigenvalue weighted by molar-refractivity contribution is 5.25. The molecular weight excluding hydrogens is 184 g/mol. The molecule has 80 valence electrons. The van der Waals surface area contributed by atoms with Gasteiger partial charge in [-0.25, -0.2) is 0 Å². The molecule has 0 amide bonds. The first-order chi connectivity index (χ1) is 7.24. The lowest BCUT2D eigenvalue weighted by Gasteiger charge is -2.07. The van der Waals surface area contributed by atoms with Crippen LogP contribution in [-0.2, 0) is 6.42 Å². The summed E-state index contributed by atoms with van der Waals surface area (Å²) in [5.41, 5.74) is 2.72. The summed E-state index contributed by atoms with van der Waals surface area (Å²) < 4.78 is 0. The molecule has 2 heteroatoms. The molecule has 0 aliphatic rings. The molecule has 15 heavy (non-hydrogen) atoms. The molecule has 0 aromatic heterocycles. The Kier molecular flexibility index (Phi) is 4.86. The van der Waals surface area contributed by atoms with Gasteiger partial charge < -0.3 is 5.32 Å². The molecule has 0 saturated carbocycles. The van der Waals surface area contributed by atoms with Crippen LogP contribution in [0, 0.1) is 24.2 Å². The molecule has 0 saturated heterocycles. The van der Waals surface area contributed by atoms with Gasteiger partial charge in [-0.05, 0) is 37.9 Å². The maximum atomic E-state index is 8.61. The number of nitriles is 1. The second kappa shape index (κ2) is 6.21. The van der Waals surface area contributed by atoms with Crippen molar-refractivity contribution < 1.29 is 0 Å². The minimum Gasteiger partial charge on any atom is -0.315 e. The van der Waals surface area contributed by atoms with Crippen molar-refractivity contribution in [1.82, 2.24) is 5.32 Å². The Balaban J connectivity index is 2.27. The summed E-state index contributed by atoms with van der Waals surface area (Å²) in [6, 6.07) is 10.6. The minimum absolute atomic E-state index is 0.0990. The van der Waals surface area contributed by atoms with E-state index in [9.17, 15) is 0 Å². The monoisotopic (exact) mass is 202 g/mol. The molecule has 1 unspecified atom stereocenters. The quantitative estimate of drug-likeness (QED) is 0.744. The van der Waals surface area contributed by atoms with Gasteiger partial charge in [0, 0.05) is 6.54 Å². The van der Waals surface area contributed by atoms with Crippen molar-refractivity contribution >= 4 is 0 Å². The van der Waals surface area contributed by atoms with Crippen LogP contribution >= 0.6 is 0 Å². The van der Waals surface area contributed by atoms with Crippen molar-refractivity contribution in [3.8, 4) is 6.07 Å². The maximum Gasteiger partial charge on any atom is 0.0666 e. The largest absolute Gasteiger partial charge is 0.315 e. The molecule has 0 heterocycles. The Morgan fingerprint density at radius 2 is 2.13 bits per heavy atom. The number of nitrogens with one attached hydrogen (secondary N) is 1. The molecule has 0 aliphatic carbocycles. The molecule has 0 bridgehead atoms. The maximum absolute atomic E-state index is 8.61. The molecule has 0 aliphatic heterocycles. The lowest BCUT2D eigenvalue weighted by molar-refractivity contribution is 0.602. The highest BCUT2D eigenvalue weighted by Crippen LogP contribution is 2.06. The Morgan fingerprint density at radius 3 is 2.80 bits per heavy atom. The van der Waals surface area contributed by atoms with Crippen molar-refractivity contribution in [2.24, 2.45) is 5.92 Å². The van der Waals surface area contributed by atoms with Crippen LogP contribution in [0.1, 0.15) is 18.1 Å². The van der Waals surface area contributed by atoms with Crippen LogP contribution < -0.4 is 5.32 Å². The normalized spacial score (nSPS) is 12.1. The zero-order chi connectivity index (χ0) is 11.1. The van der Waals surface area contributed by atoms with E-state index in [1.807, 2.05) is 6.92 Å². The van der Waals surface area contributed by atoms with E-state index in [0.29, 0.717) is 0 Å². The first kappa shape index (κ1) is 11.7.